The lowest BCUT2D eigenvalue weighted by Crippen LogP contribution is -2.51. The second kappa shape index (κ2) is 10.0. The van der Waals surface area contributed by atoms with Crippen LogP contribution in [0, 0.1) is 18.8 Å². The lowest BCUT2D eigenvalue weighted by atomic mass is 9.83. The summed E-state index contributed by atoms with van der Waals surface area (Å²) in [5.74, 6) is 2.01. The van der Waals surface area contributed by atoms with Gasteiger partial charge in [0.2, 0.25) is 5.91 Å². The van der Waals surface area contributed by atoms with E-state index in [1.54, 1.807) is 0 Å². The maximum atomic E-state index is 13.0. The normalized spacial score (nSPS) is 20.9. The molecule has 1 saturated carbocycles. The number of hydrogen-bond acceptors (Lipinski definition) is 5. The van der Waals surface area contributed by atoms with Gasteiger partial charge in [0.15, 0.2) is 5.82 Å². The number of amides is 1. The van der Waals surface area contributed by atoms with Crippen molar-refractivity contribution >= 4 is 11.9 Å². The Morgan fingerprint density at radius 3 is 2.39 bits per heavy atom. The number of nitrogens with two attached hydrogens (primary N) is 1. The molecule has 8 heteroatoms. The quantitative estimate of drug-likeness (QED) is 0.812. The Morgan fingerprint density at radius 2 is 1.82 bits per heavy atom. The van der Waals surface area contributed by atoms with Gasteiger partial charge >= 0.3 is 0 Å². The van der Waals surface area contributed by atoms with Crippen LogP contribution in [0.15, 0.2) is 0 Å². The number of carboxylic acid groups (broad SMARTS) is 1. The third-order valence-electron chi connectivity index (χ3n) is 5.56. The first-order chi connectivity index (χ1) is 13.2. The lowest BCUT2D eigenvalue weighted by molar-refractivity contribution is -0.136. The fourth-order valence-electron chi connectivity index (χ4n) is 4.37. The summed E-state index contributed by atoms with van der Waals surface area (Å²) in [5.41, 5.74) is 6.36. The zero-order valence-electron chi connectivity index (χ0n) is 17.6. The first-order valence-electron chi connectivity index (χ1n) is 10.3. The Balaban J connectivity index is 0.000000640. The van der Waals surface area contributed by atoms with Crippen LogP contribution in [0.1, 0.15) is 77.0 Å². The van der Waals surface area contributed by atoms with Crippen molar-refractivity contribution < 1.29 is 14.7 Å². The highest BCUT2D eigenvalue weighted by Gasteiger charge is 2.35. The Labute approximate surface area is 167 Å². The van der Waals surface area contributed by atoms with Crippen molar-refractivity contribution in [2.75, 3.05) is 6.54 Å². The lowest BCUT2D eigenvalue weighted by Gasteiger charge is -2.38. The van der Waals surface area contributed by atoms with Gasteiger partial charge in [0.25, 0.3) is 5.97 Å². The van der Waals surface area contributed by atoms with E-state index in [2.05, 4.69) is 28.6 Å². The van der Waals surface area contributed by atoms with E-state index >= 15 is 0 Å². The molecule has 3 rings (SSSR count). The molecule has 1 aromatic heterocycles. The predicted octanol–water partition coefficient (Wildman–Crippen LogP) is 2.51. The van der Waals surface area contributed by atoms with Crippen LogP contribution in [0.25, 0.3) is 0 Å². The molecule has 1 aliphatic carbocycles. The van der Waals surface area contributed by atoms with Crippen LogP contribution in [0.3, 0.4) is 0 Å². The number of aliphatic carboxylic acids is 1. The van der Waals surface area contributed by atoms with Gasteiger partial charge in [-0.05, 0) is 38.0 Å². The molecular weight excluding hydrogens is 358 g/mol. The molecule has 3 N–H and O–H groups in total. The molecule has 2 aliphatic rings. The van der Waals surface area contributed by atoms with Crippen LogP contribution in [0.4, 0.5) is 0 Å². The van der Waals surface area contributed by atoms with Crippen LogP contribution in [0.5, 0.6) is 0 Å². The molecule has 0 saturated heterocycles. The fraction of sp³-hybridized carbons (Fsp3) is 0.800. The molecule has 1 aromatic rings. The third kappa shape index (κ3) is 5.77. The summed E-state index contributed by atoms with van der Waals surface area (Å²) >= 11 is 0. The zero-order valence-corrected chi connectivity index (χ0v) is 17.6. The number of hydrogen-bond donors (Lipinski definition) is 2. The second-order valence-electron chi connectivity index (χ2n) is 8.48. The second-order valence-corrected chi connectivity index (χ2v) is 8.48. The third-order valence-corrected chi connectivity index (χ3v) is 5.56. The van der Waals surface area contributed by atoms with Crippen molar-refractivity contribution in [2.24, 2.45) is 17.6 Å². The Hall–Kier alpha value is -1.96. The van der Waals surface area contributed by atoms with Crippen molar-refractivity contribution in [3.05, 3.63) is 11.6 Å². The molecule has 8 nitrogen and oxygen atoms in total. The Morgan fingerprint density at radius 1 is 1.21 bits per heavy atom. The molecular formula is C20H35N5O3. The topological polar surface area (TPSA) is 114 Å². The van der Waals surface area contributed by atoms with E-state index in [4.69, 9.17) is 15.6 Å². The summed E-state index contributed by atoms with van der Waals surface area (Å²) in [4.78, 5) is 23.9. The molecule has 28 heavy (non-hydrogen) atoms. The smallest absolute Gasteiger partial charge is 0.300 e. The molecule has 0 spiro atoms. The van der Waals surface area contributed by atoms with E-state index in [1.807, 2.05) is 11.8 Å². The van der Waals surface area contributed by atoms with Gasteiger partial charge in [-0.3, -0.25) is 9.59 Å². The van der Waals surface area contributed by atoms with Gasteiger partial charge in [-0.15, -0.1) is 10.2 Å². The van der Waals surface area contributed by atoms with Crippen LogP contribution in [-0.4, -0.2) is 49.2 Å². The van der Waals surface area contributed by atoms with E-state index in [9.17, 15) is 4.79 Å². The molecule has 1 amide bonds. The largest absolute Gasteiger partial charge is 0.481 e. The van der Waals surface area contributed by atoms with Gasteiger partial charge in [-0.1, -0.05) is 33.1 Å². The van der Waals surface area contributed by atoms with Crippen molar-refractivity contribution in [1.82, 2.24) is 19.7 Å². The highest BCUT2D eigenvalue weighted by Crippen LogP contribution is 2.30. The van der Waals surface area contributed by atoms with E-state index in [0.29, 0.717) is 18.4 Å². The summed E-state index contributed by atoms with van der Waals surface area (Å²) in [7, 11) is 0. The number of aryl methyl sites for hydroxylation is 1. The first-order valence-corrected chi connectivity index (χ1v) is 10.3. The monoisotopic (exact) mass is 393 g/mol. The minimum Gasteiger partial charge on any atom is -0.481 e. The molecule has 158 valence electrons. The molecule has 1 fully saturated rings. The summed E-state index contributed by atoms with van der Waals surface area (Å²) < 4.78 is 2.22. The predicted molar refractivity (Wildman–Crippen MR) is 107 cm³/mol. The van der Waals surface area contributed by atoms with Crippen LogP contribution in [-0.2, 0) is 16.1 Å². The van der Waals surface area contributed by atoms with Crippen LogP contribution >= 0.6 is 0 Å². The SMILES string of the molecule is CC(=O)O.Cc1nnc2n1[C@@H](CC(C)C)CN(C(=O)[C@@H](N)C1CCCCC1)C2. The number of carbonyl (C=O) groups is 2. The van der Waals surface area contributed by atoms with E-state index in [0.717, 1.165) is 44.4 Å². The maximum absolute atomic E-state index is 13.0. The number of carbonyl (C=O) groups excluding carboxylic acids is 1. The number of rotatable bonds is 4. The minimum atomic E-state index is -0.833. The number of nitrogens with zero attached hydrogens (tertiary/aromatic N) is 4. The molecule has 1 aliphatic heterocycles. The van der Waals surface area contributed by atoms with Crippen LogP contribution in [0.2, 0.25) is 0 Å². The maximum Gasteiger partial charge on any atom is 0.300 e. The molecule has 0 aromatic carbocycles. The van der Waals surface area contributed by atoms with E-state index in [-0.39, 0.29) is 18.0 Å². The van der Waals surface area contributed by atoms with Crippen molar-refractivity contribution in [2.45, 2.75) is 84.8 Å². The minimum absolute atomic E-state index is 0.0996. The van der Waals surface area contributed by atoms with Crippen LogP contribution < -0.4 is 5.73 Å². The van der Waals surface area contributed by atoms with Gasteiger partial charge in [-0.2, -0.15) is 0 Å². The summed E-state index contributed by atoms with van der Waals surface area (Å²) in [6.07, 6.45) is 6.88. The molecule has 0 bridgehead atoms. The highest BCUT2D eigenvalue weighted by atomic mass is 16.4. The average molecular weight is 394 g/mol. The van der Waals surface area contributed by atoms with Crippen molar-refractivity contribution in [3.8, 4) is 0 Å². The van der Waals surface area contributed by atoms with E-state index < -0.39 is 5.97 Å². The van der Waals surface area contributed by atoms with Crippen molar-refractivity contribution in [1.29, 1.82) is 0 Å². The summed E-state index contributed by atoms with van der Waals surface area (Å²) in [5, 5.41) is 15.9. The molecule has 2 atom stereocenters. The molecule has 2 heterocycles. The molecule has 0 radical (unpaired) electrons. The number of carboxylic acids is 1. The first kappa shape index (κ1) is 22.3. The van der Waals surface area contributed by atoms with Crippen molar-refractivity contribution in [3.63, 3.8) is 0 Å². The van der Waals surface area contributed by atoms with Gasteiger partial charge in [0.05, 0.1) is 18.6 Å². The standard InChI is InChI=1S/C18H31N5O.C2H4O2/c1-12(2)9-15-10-22(11-16-21-20-13(3)23(15)16)18(24)17(19)14-7-5-4-6-8-14;1-2(3)4/h12,14-15,17H,4-11,19H2,1-3H3;1H3,(H,3,4)/t15-,17-;/m0./s1. The Bertz CT molecular complexity index is 663. The zero-order chi connectivity index (χ0) is 20.8. The Kier molecular flexibility index (Phi) is 7.98. The number of fused-ring (bicyclic) bond motifs is 1. The van der Waals surface area contributed by atoms with E-state index in [1.165, 1.54) is 19.3 Å². The average Bonchev–Trinajstić information content (AvgIpc) is 3.01. The van der Waals surface area contributed by atoms with Gasteiger partial charge in [-0.25, -0.2) is 0 Å². The highest BCUT2D eigenvalue weighted by molar-refractivity contribution is 5.82. The van der Waals surface area contributed by atoms with Gasteiger partial charge in [0.1, 0.15) is 5.82 Å². The molecule has 0 unspecified atom stereocenters. The summed E-state index contributed by atoms with van der Waals surface area (Å²) in [6.45, 7) is 8.77. The van der Waals surface area contributed by atoms with Gasteiger partial charge < -0.3 is 20.3 Å². The van der Waals surface area contributed by atoms with Gasteiger partial charge in [0, 0.05) is 13.5 Å². The summed E-state index contributed by atoms with van der Waals surface area (Å²) in [6, 6.07) is -0.105. The number of aromatic nitrogens is 3. The fourth-order valence-corrected chi connectivity index (χ4v) is 4.37.